The van der Waals surface area contributed by atoms with Gasteiger partial charge in [-0.25, -0.2) is 4.68 Å². The molecule has 0 saturated carbocycles. The largest absolute Gasteiger partial charge is 0.369 e. The summed E-state index contributed by atoms with van der Waals surface area (Å²) in [6, 6.07) is 18.8. The predicted octanol–water partition coefficient (Wildman–Crippen LogP) is 3.24. The Kier molecular flexibility index (Phi) is 5.46. The third-order valence-corrected chi connectivity index (χ3v) is 6.25. The zero-order valence-corrected chi connectivity index (χ0v) is 18.4. The second-order valence-electron chi connectivity index (χ2n) is 8.00. The van der Waals surface area contributed by atoms with Crippen LogP contribution in [0.5, 0.6) is 0 Å². The molecule has 0 aliphatic carbocycles. The Morgan fingerprint density at radius 1 is 1.09 bits per heavy atom. The van der Waals surface area contributed by atoms with Crippen LogP contribution in [0.15, 0.2) is 70.3 Å². The van der Waals surface area contributed by atoms with Gasteiger partial charge in [0.15, 0.2) is 0 Å². The van der Waals surface area contributed by atoms with Gasteiger partial charge in [-0.2, -0.15) is 0 Å². The summed E-state index contributed by atoms with van der Waals surface area (Å²) in [6.45, 7) is 2.66. The molecular weight excluding hydrogens is 428 g/mol. The lowest BCUT2D eigenvalue weighted by molar-refractivity contribution is -0.0358. The molecule has 1 saturated heterocycles. The summed E-state index contributed by atoms with van der Waals surface area (Å²) in [5.41, 5.74) is 2.33. The van der Waals surface area contributed by atoms with E-state index in [4.69, 9.17) is 16.3 Å². The molecule has 8 heteroatoms. The number of hydrogen-bond donors (Lipinski definition) is 1. The van der Waals surface area contributed by atoms with Gasteiger partial charge in [-0.3, -0.25) is 19.6 Å². The van der Waals surface area contributed by atoms with Crippen LogP contribution in [0.1, 0.15) is 17.4 Å². The molecule has 7 nitrogen and oxygen atoms in total. The van der Waals surface area contributed by atoms with E-state index in [0.29, 0.717) is 40.5 Å². The van der Waals surface area contributed by atoms with Gasteiger partial charge in [-0.15, -0.1) is 0 Å². The maximum atomic E-state index is 13.5. The van der Waals surface area contributed by atoms with E-state index >= 15 is 0 Å². The molecule has 1 aliphatic rings. The number of nitrogens with one attached hydrogen (secondary N) is 1. The molecule has 0 amide bonds. The number of rotatable bonds is 4. The van der Waals surface area contributed by atoms with Gasteiger partial charge in [-0.05, 0) is 17.7 Å². The highest BCUT2D eigenvalue weighted by molar-refractivity contribution is 6.32. The second-order valence-corrected chi connectivity index (χ2v) is 8.41. The quantitative estimate of drug-likeness (QED) is 0.518. The van der Waals surface area contributed by atoms with E-state index in [9.17, 15) is 9.59 Å². The zero-order chi connectivity index (χ0) is 22.2. The molecule has 1 fully saturated rings. The fourth-order valence-corrected chi connectivity index (χ4v) is 4.57. The number of halogens is 1. The number of morpholine rings is 1. The van der Waals surface area contributed by atoms with Crippen LogP contribution in [-0.2, 0) is 18.3 Å². The van der Waals surface area contributed by atoms with Crippen molar-refractivity contribution in [3.63, 3.8) is 0 Å². The molecule has 2 aromatic heterocycles. The molecule has 1 aliphatic heterocycles. The van der Waals surface area contributed by atoms with Crippen LogP contribution in [-0.4, -0.2) is 38.9 Å². The third kappa shape index (κ3) is 3.68. The smallest absolute Gasteiger partial charge is 0.281 e. The summed E-state index contributed by atoms with van der Waals surface area (Å²) in [7, 11) is 1.68. The summed E-state index contributed by atoms with van der Waals surface area (Å²) in [5, 5.41) is 3.94. The first-order valence-electron chi connectivity index (χ1n) is 10.5. The van der Waals surface area contributed by atoms with E-state index in [2.05, 4.69) is 22.1 Å². The van der Waals surface area contributed by atoms with E-state index in [-0.39, 0.29) is 11.1 Å². The van der Waals surface area contributed by atoms with Crippen molar-refractivity contribution < 1.29 is 4.74 Å². The molecule has 32 heavy (non-hydrogen) atoms. The first-order chi connectivity index (χ1) is 15.5. The fraction of sp³-hybridized carbons (Fsp3) is 0.250. The van der Waals surface area contributed by atoms with Gasteiger partial charge in [0, 0.05) is 32.7 Å². The standard InChI is InChI=1S/C24H23ClN4O3/c1-27-21(30)13-18-22(24(31)29(26-18)19-10-6-5-9-17(19)25)23(27)20-15-28(11-12-32-20)14-16-7-3-2-4-8-16/h2-10,13,20,26H,11-12,14-15H2,1H3. The van der Waals surface area contributed by atoms with E-state index in [0.717, 1.165) is 13.1 Å². The monoisotopic (exact) mass is 450 g/mol. The Bertz CT molecular complexity index is 1390. The van der Waals surface area contributed by atoms with E-state index in [1.165, 1.54) is 20.9 Å². The lowest BCUT2D eigenvalue weighted by Gasteiger charge is -2.33. The average Bonchev–Trinajstić information content (AvgIpc) is 3.11. The number of para-hydroxylation sites is 1. The second kappa shape index (κ2) is 8.43. The lowest BCUT2D eigenvalue weighted by Crippen LogP contribution is -2.40. The molecule has 164 valence electrons. The highest BCUT2D eigenvalue weighted by Gasteiger charge is 2.28. The van der Waals surface area contributed by atoms with Crippen LogP contribution >= 0.6 is 11.6 Å². The van der Waals surface area contributed by atoms with Crippen LogP contribution in [0.2, 0.25) is 5.02 Å². The third-order valence-electron chi connectivity index (χ3n) is 5.93. The first-order valence-corrected chi connectivity index (χ1v) is 10.9. The van der Waals surface area contributed by atoms with Gasteiger partial charge in [0.05, 0.1) is 33.9 Å². The number of aromatic amines is 1. The van der Waals surface area contributed by atoms with Crippen molar-refractivity contribution >= 4 is 22.5 Å². The van der Waals surface area contributed by atoms with Crippen molar-refractivity contribution in [2.45, 2.75) is 12.6 Å². The number of nitrogens with zero attached hydrogens (tertiary/aromatic N) is 3. The van der Waals surface area contributed by atoms with Crippen molar-refractivity contribution in [1.29, 1.82) is 0 Å². The molecule has 1 unspecified atom stereocenters. The van der Waals surface area contributed by atoms with E-state index < -0.39 is 6.10 Å². The van der Waals surface area contributed by atoms with Crippen molar-refractivity contribution in [2.75, 3.05) is 19.7 Å². The van der Waals surface area contributed by atoms with Crippen molar-refractivity contribution in [3.05, 3.63) is 97.7 Å². The Labute approximate surface area is 189 Å². The fourth-order valence-electron chi connectivity index (χ4n) is 4.35. The highest BCUT2D eigenvalue weighted by atomic mass is 35.5. The number of fused-ring (bicyclic) bond motifs is 1. The molecule has 4 aromatic rings. The SMILES string of the molecule is Cn1c(C2CN(Cc3ccccc3)CCO2)c2c(=O)n(-c3ccccc3Cl)[nH]c2cc1=O. The molecular formula is C24H23ClN4O3. The topological polar surface area (TPSA) is 72.3 Å². The highest BCUT2D eigenvalue weighted by Crippen LogP contribution is 2.27. The molecule has 2 aromatic carbocycles. The molecule has 0 spiro atoms. The molecule has 3 heterocycles. The van der Waals surface area contributed by atoms with Gasteiger partial charge in [0.1, 0.15) is 6.10 Å². The number of benzene rings is 2. The number of pyridine rings is 1. The number of aromatic nitrogens is 3. The van der Waals surface area contributed by atoms with Gasteiger partial charge >= 0.3 is 0 Å². The number of H-pyrrole nitrogens is 1. The normalized spacial score (nSPS) is 17.1. The molecule has 1 atom stereocenters. The van der Waals surface area contributed by atoms with E-state index in [1.807, 2.05) is 24.3 Å². The summed E-state index contributed by atoms with van der Waals surface area (Å²) in [6.07, 6.45) is -0.406. The van der Waals surface area contributed by atoms with Gasteiger partial charge < -0.3 is 9.30 Å². The number of ether oxygens (including phenoxy) is 1. The Hall–Kier alpha value is -3.13. The molecule has 0 bridgehead atoms. The minimum absolute atomic E-state index is 0.205. The minimum Gasteiger partial charge on any atom is -0.369 e. The molecule has 1 N–H and O–H groups in total. The predicted molar refractivity (Wildman–Crippen MR) is 125 cm³/mol. The van der Waals surface area contributed by atoms with Gasteiger partial charge in [-0.1, -0.05) is 54.1 Å². The van der Waals surface area contributed by atoms with Crippen LogP contribution in [0.4, 0.5) is 0 Å². The van der Waals surface area contributed by atoms with Crippen molar-refractivity contribution in [2.24, 2.45) is 7.05 Å². The summed E-state index contributed by atoms with van der Waals surface area (Å²) < 4.78 is 8.99. The zero-order valence-electron chi connectivity index (χ0n) is 17.6. The van der Waals surface area contributed by atoms with E-state index in [1.54, 1.807) is 25.2 Å². The Morgan fingerprint density at radius 2 is 1.84 bits per heavy atom. The Balaban J connectivity index is 1.59. The summed E-state index contributed by atoms with van der Waals surface area (Å²) in [4.78, 5) is 28.5. The molecule has 0 radical (unpaired) electrons. The summed E-state index contributed by atoms with van der Waals surface area (Å²) in [5.74, 6) is 0. The lowest BCUT2D eigenvalue weighted by atomic mass is 10.1. The Morgan fingerprint density at radius 3 is 2.62 bits per heavy atom. The number of hydrogen-bond acceptors (Lipinski definition) is 4. The average molecular weight is 451 g/mol. The van der Waals surface area contributed by atoms with Crippen LogP contribution in [0, 0.1) is 0 Å². The van der Waals surface area contributed by atoms with Crippen LogP contribution in [0.25, 0.3) is 16.6 Å². The maximum Gasteiger partial charge on any atom is 0.281 e. The van der Waals surface area contributed by atoms with Crippen molar-refractivity contribution in [3.8, 4) is 5.69 Å². The summed E-state index contributed by atoms with van der Waals surface area (Å²) >= 11 is 6.33. The van der Waals surface area contributed by atoms with Crippen LogP contribution in [0.3, 0.4) is 0 Å². The minimum atomic E-state index is -0.406. The van der Waals surface area contributed by atoms with Gasteiger partial charge in [0.25, 0.3) is 11.1 Å². The van der Waals surface area contributed by atoms with Crippen molar-refractivity contribution in [1.82, 2.24) is 19.2 Å². The van der Waals surface area contributed by atoms with Gasteiger partial charge in [0.2, 0.25) is 0 Å². The first kappa shape index (κ1) is 20.8. The molecule has 5 rings (SSSR count). The maximum absolute atomic E-state index is 13.5. The van der Waals surface area contributed by atoms with Crippen LogP contribution < -0.4 is 11.1 Å².